The Balaban J connectivity index is 2.20. The number of rotatable bonds is 11. The summed E-state index contributed by atoms with van der Waals surface area (Å²) in [6.07, 6.45) is 2.28. The van der Waals surface area contributed by atoms with E-state index in [-0.39, 0.29) is 17.4 Å². The lowest BCUT2D eigenvalue weighted by Crippen LogP contribution is -2.30. The number of halogens is 1. The molecule has 1 aromatic rings. The molecule has 1 aromatic carbocycles. The first-order valence-corrected chi connectivity index (χ1v) is 8.18. The fourth-order valence-electron chi connectivity index (χ4n) is 2.16. The number of amides is 1. The van der Waals surface area contributed by atoms with Gasteiger partial charge in [-0.2, -0.15) is 0 Å². The normalized spacial score (nSPS) is 13.3. The Bertz CT molecular complexity index is 484. The monoisotopic (exact) mass is 342 g/mol. The highest BCUT2D eigenvalue weighted by Crippen LogP contribution is 2.17. The number of ether oxygens (including phenoxy) is 1. The molecule has 0 heterocycles. The molecule has 2 unspecified atom stereocenters. The fraction of sp³-hybridized carbons (Fsp3) is 0.562. The predicted molar refractivity (Wildman–Crippen MR) is 90.5 cm³/mol. The molecule has 0 saturated carbocycles. The third kappa shape index (κ3) is 7.95. The zero-order valence-electron chi connectivity index (χ0n) is 13.2. The van der Waals surface area contributed by atoms with Crippen LogP contribution in [0.25, 0.3) is 0 Å². The van der Waals surface area contributed by atoms with Gasteiger partial charge in [0, 0.05) is 23.6 Å². The van der Waals surface area contributed by atoms with Crippen molar-refractivity contribution in [3.05, 3.63) is 40.4 Å². The number of carbonyl (C=O) groups excluding carboxylic acids is 1. The van der Waals surface area contributed by atoms with E-state index in [0.717, 1.165) is 6.42 Å². The molecular weight excluding hydrogens is 320 g/mol. The van der Waals surface area contributed by atoms with Gasteiger partial charge < -0.3 is 10.1 Å². The lowest BCUT2D eigenvalue weighted by molar-refractivity contribution is -0.523. The first-order valence-electron chi connectivity index (χ1n) is 7.74. The Labute approximate surface area is 141 Å². The SMILES string of the molecule is CCCC(Cl)C(CCCOCC(=O)Nc1ccccc1)[N+](=O)[O-]. The van der Waals surface area contributed by atoms with Crippen molar-refractivity contribution in [3.63, 3.8) is 0 Å². The maximum absolute atomic E-state index is 11.6. The number of hydrogen-bond acceptors (Lipinski definition) is 4. The summed E-state index contributed by atoms with van der Waals surface area (Å²) in [5.74, 6) is -0.247. The first kappa shape index (κ1) is 19.4. The van der Waals surface area contributed by atoms with Crippen molar-refractivity contribution >= 4 is 23.2 Å². The molecule has 0 radical (unpaired) electrons. The molecule has 7 heteroatoms. The lowest BCUT2D eigenvalue weighted by atomic mass is 10.1. The molecule has 6 nitrogen and oxygen atoms in total. The Morgan fingerprint density at radius 2 is 2.04 bits per heavy atom. The van der Waals surface area contributed by atoms with Gasteiger partial charge in [0.2, 0.25) is 11.9 Å². The Morgan fingerprint density at radius 3 is 2.65 bits per heavy atom. The topological polar surface area (TPSA) is 81.5 Å². The number of anilines is 1. The zero-order chi connectivity index (χ0) is 17.1. The maximum Gasteiger partial charge on any atom is 0.250 e. The van der Waals surface area contributed by atoms with Crippen molar-refractivity contribution in [2.24, 2.45) is 0 Å². The third-order valence-electron chi connectivity index (χ3n) is 3.33. The van der Waals surface area contributed by atoms with E-state index in [4.69, 9.17) is 16.3 Å². The molecular formula is C16H23ClN2O4. The number of alkyl halides is 1. The zero-order valence-corrected chi connectivity index (χ0v) is 14.0. The summed E-state index contributed by atoms with van der Waals surface area (Å²) in [4.78, 5) is 22.3. The molecule has 128 valence electrons. The van der Waals surface area contributed by atoms with Crippen molar-refractivity contribution < 1.29 is 14.5 Å². The number of hydrogen-bond donors (Lipinski definition) is 1. The molecule has 1 amide bonds. The van der Waals surface area contributed by atoms with Gasteiger partial charge in [0.25, 0.3) is 0 Å². The smallest absolute Gasteiger partial charge is 0.250 e. The van der Waals surface area contributed by atoms with Crippen molar-refractivity contribution in [2.45, 2.75) is 44.0 Å². The van der Waals surface area contributed by atoms with E-state index >= 15 is 0 Å². The van der Waals surface area contributed by atoms with Gasteiger partial charge in [-0.3, -0.25) is 14.9 Å². The quantitative estimate of drug-likeness (QED) is 0.289. The minimum Gasteiger partial charge on any atom is -0.372 e. The standard InChI is InChI=1S/C16H23ClN2O4/c1-2-7-14(17)15(19(21)22)10-6-11-23-12-16(20)18-13-8-4-3-5-9-13/h3-5,8-9,14-15H,2,6-7,10-12H2,1H3,(H,18,20). The van der Waals surface area contributed by atoms with Crippen LogP contribution in [0.1, 0.15) is 32.6 Å². The third-order valence-corrected chi connectivity index (χ3v) is 3.84. The number of carbonyl (C=O) groups is 1. The predicted octanol–water partition coefficient (Wildman–Crippen LogP) is 3.47. The van der Waals surface area contributed by atoms with E-state index in [1.165, 1.54) is 0 Å². The Kier molecular flexibility index (Phi) is 9.24. The number of nitrogens with zero attached hydrogens (tertiary/aromatic N) is 1. The molecule has 0 saturated heterocycles. The van der Waals surface area contributed by atoms with Gasteiger partial charge in [-0.15, -0.1) is 11.6 Å². The van der Waals surface area contributed by atoms with Crippen molar-refractivity contribution in [2.75, 3.05) is 18.5 Å². The summed E-state index contributed by atoms with van der Waals surface area (Å²) in [6.45, 7) is 2.17. The van der Waals surface area contributed by atoms with Crippen LogP contribution in [0.4, 0.5) is 5.69 Å². The second-order valence-corrected chi connectivity index (χ2v) is 5.83. The Hall–Kier alpha value is -1.66. The van der Waals surface area contributed by atoms with E-state index in [1.807, 2.05) is 25.1 Å². The number of nitro groups is 1. The van der Waals surface area contributed by atoms with Crippen molar-refractivity contribution in [1.29, 1.82) is 0 Å². The first-order chi connectivity index (χ1) is 11.0. The molecule has 23 heavy (non-hydrogen) atoms. The van der Waals surface area contributed by atoms with Crippen LogP contribution in [0, 0.1) is 10.1 Å². The van der Waals surface area contributed by atoms with Crippen LogP contribution in [0.5, 0.6) is 0 Å². The maximum atomic E-state index is 11.6. The van der Waals surface area contributed by atoms with E-state index in [0.29, 0.717) is 31.6 Å². The van der Waals surface area contributed by atoms with Gasteiger partial charge in [0.1, 0.15) is 12.0 Å². The van der Waals surface area contributed by atoms with Gasteiger partial charge in [0.15, 0.2) is 0 Å². The molecule has 2 atom stereocenters. The molecule has 0 bridgehead atoms. The average Bonchev–Trinajstić information content (AvgIpc) is 2.51. The highest BCUT2D eigenvalue weighted by Gasteiger charge is 2.28. The molecule has 0 aliphatic carbocycles. The van der Waals surface area contributed by atoms with Gasteiger partial charge in [0.05, 0.1) is 0 Å². The van der Waals surface area contributed by atoms with E-state index in [9.17, 15) is 14.9 Å². The lowest BCUT2D eigenvalue weighted by Gasteiger charge is -2.14. The van der Waals surface area contributed by atoms with Crippen molar-refractivity contribution in [3.8, 4) is 0 Å². The van der Waals surface area contributed by atoms with Crippen LogP contribution in [-0.4, -0.2) is 35.5 Å². The summed E-state index contributed by atoms with van der Waals surface area (Å²) >= 11 is 6.05. The van der Waals surface area contributed by atoms with E-state index in [1.54, 1.807) is 12.1 Å². The van der Waals surface area contributed by atoms with Crippen LogP contribution in [0.2, 0.25) is 0 Å². The molecule has 0 aliphatic heterocycles. The number of nitrogens with one attached hydrogen (secondary N) is 1. The largest absolute Gasteiger partial charge is 0.372 e. The summed E-state index contributed by atoms with van der Waals surface area (Å²) < 4.78 is 5.26. The second kappa shape index (κ2) is 11.0. The van der Waals surface area contributed by atoms with Gasteiger partial charge in [-0.05, 0) is 25.0 Å². The van der Waals surface area contributed by atoms with Crippen LogP contribution < -0.4 is 5.32 Å². The summed E-state index contributed by atoms with van der Waals surface area (Å²) in [5, 5.41) is 13.2. The molecule has 0 fully saturated rings. The number of benzene rings is 1. The molecule has 0 aliphatic rings. The van der Waals surface area contributed by atoms with Gasteiger partial charge in [-0.1, -0.05) is 31.5 Å². The Morgan fingerprint density at radius 1 is 1.35 bits per heavy atom. The molecule has 1 rings (SSSR count). The molecule has 0 aromatic heterocycles. The summed E-state index contributed by atoms with van der Waals surface area (Å²) in [6, 6.07) is 8.32. The van der Waals surface area contributed by atoms with Gasteiger partial charge >= 0.3 is 0 Å². The molecule has 1 N–H and O–H groups in total. The van der Waals surface area contributed by atoms with Crippen LogP contribution >= 0.6 is 11.6 Å². The van der Waals surface area contributed by atoms with Crippen molar-refractivity contribution in [1.82, 2.24) is 0 Å². The van der Waals surface area contributed by atoms with Crippen LogP contribution in [-0.2, 0) is 9.53 Å². The van der Waals surface area contributed by atoms with E-state index < -0.39 is 11.4 Å². The summed E-state index contributed by atoms with van der Waals surface area (Å²) in [5.41, 5.74) is 0.707. The highest BCUT2D eigenvalue weighted by atomic mass is 35.5. The average molecular weight is 343 g/mol. The second-order valence-electron chi connectivity index (χ2n) is 5.27. The minimum absolute atomic E-state index is 0.0721. The van der Waals surface area contributed by atoms with E-state index in [2.05, 4.69) is 5.32 Å². The summed E-state index contributed by atoms with van der Waals surface area (Å²) in [7, 11) is 0. The van der Waals surface area contributed by atoms with Crippen LogP contribution in [0.3, 0.4) is 0 Å². The van der Waals surface area contributed by atoms with Gasteiger partial charge in [-0.25, -0.2) is 0 Å². The van der Waals surface area contributed by atoms with Crippen LogP contribution in [0.15, 0.2) is 30.3 Å². The highest BCUT2D eigenvalue weighted by molar-refractivity contribution is 6.21. The minimum atomic E-state index is -0.765. The number of para-hydroxylation sites is 1. The molecule has 0 spiro atoms. The fourth-order valence-corrected chi connectivity index (χ4v) is 2.60.